The number of aromatic nitrogens is 1. The van der Waals surface area contributed by atoms with Crippen LogP contribution < -0.4 is 5.63 Å². The molecule has 0 atom stereocenters. The van der Waals surface area contributed by atoms with Gasteiger partial charge in [0.1, 0.15) is 0 Å². The van der Waals surface area contributed by atoms with Crippen LogP contribution in [0.25, 0.3) is 22.4 Å². The minimum absolute atomic E-state index is 0.308. The first-order valence-electron chi connectivity index (χ1n) is 7.89. The quantitative estimate of drug-likeness (QED) is 0.517. The molecule has 1 aromatic heterocycles. The maximum absolute atomic E-state index is 12.1. The van der Waals surface area contributed by atoms with Crippen LogP contribution in [0.1, 0.15) is 5.56 Å². The Morgan fingerprint density at radius 3 is 2.36 bits per heavy atom. The summed E-state index contributed by atoms with van der Waals surface area (Å²) in [5.41, 5.74) is 2.83. The first kappa shape index (κ1) is 15.0. The average Bonchev–Trinajstić information content (AvgIpc) is 2.68. The molecule has 3 aromatic carbocycles. The Bertz CT molecular complexity index is 1100. The van der Waals surface area contributed by atoms with Crippen LogP contribution >= 0.6 is 0 Å². The van der Waals surface area contributed by atoms with E-state index in [2.05, 4.69) is 9.98 Å². The Labute approximate surface area is 144 Å². The first-order chi connectivity index (χ1) is 12.3. The summed E-state index contributed by atoms with van der Waals surface area (Å²) in [4.78, 5) is 20.9. The fraction of sp³-hybridized carbons (Fsp3) is 0. The van der Waals surface area contributed by atoms with E-state index in [0.717, 1.165) is 16.8 Å². The Balaban J connectivity index is 1.64. The highest BCUT2D eigenvalue weighted by atomic mass is 16.4. The summed E-state index contributed by atoms with van der Waals surface area (Å²) in [6.45, 7) is 0. The van der Waals surface area contributed by atoms with Gasteiger partial charge in [0.2, 0.25) is 5.89 Å². The topological polar surface area (TPSA) is 55.5 Å². The second-order valence-corrected chi connectivity index (χ2v) is 5.54. The largest absolute Gasteiger partial charge is 0.403 e. The third kappa shape index (κ3) is 3.23. The van der Waals surface area contributed by atoms with Gasteiger partial charge in [0, 0.05) is 11.8 Å². The summed E-state index contributed by atoms with van der Waals surface area (Å²) in [6.07, 6.45) is 1.81. The molecule has 0 fully saturated rings. The average molecular weight is 326 g/mol. The molecule has 0 saturated heterocycles. The lowest BCUT2D eigenvalue weighted by Crippen LogP contribution is -2.02. The highest BCUT2D eigenvalue weighted by Gasteiger charge is 2.07. The van der Waals surface area contributed by atoms with E-state index in [-0.39, 0.29) is 5.63 Å². The molecule has 1 heterocycles. The van der Waals surface area contributed by atoms with Crippen molar-refractivity contribution in [1.29, 1.82) is 0 Å². The van der Waals surface area contributed by atoms with E-state index >= 15 is 0 Å². The van der Waals surface area contributed by atoms with Crippen LogP contribution in [0.15, 0.2) is 93.1 Å². The number of nitrogens with zero attached hydrogens (tertiary/aromatic N) is 2. The molecule has 4 aromatic rings. The minimum Gasteiger partial charge on any atom is -0.403 e. The highest BCUT2D eigenvalue weighted by Crippen LogP contribution is 2.22. The van der Waals surface area contributed by atoms with Gasteiger partial charge in [-0.15, -0.1) is 0 Å². The maximum Gasteiger partial charge on any atom is 0.347 e. The normalized spacial score (nSPS) is 11.2. The van der Waals surface area contributed by atoms with Crippen molar-refractivity contribution in [3.05, 3.63) is 94.8 Å². The van der Waals surface area contributed by atoms with Crippen molar-refractivity contribution in [2.45, 2.75) is 0 Å². The van der Waals surface area contributed by atoms with Gasteiger partial charge in [-0.05, 0) is 42.0 Å². The van der Waals surface area contributed by atoms with Crippen LogP contribution in [0.4, 0.5) is 5.69 Å². The SMILES string of the molecule is O=c1oc(-c2ccc(N=Cc3ccccc3)cc2)nc2ccccc12. The fourth-order valence-electron chi connectivity index (χ4n) is 2.52. The van der Waals surface area contributed by atoms with Gasteiger partial charge >= 0.3 is 5.63 Å². The van der Waals surface area contributed by atoms with Crippen molar-refractivity contribution in [3.8, 4) is 11.5 Å². The zero-order valence-electron chi connectivity index (χ0n) is 13.3. The molecular formula is C21H14N2O2. The molecule has 0 N–H and O–H groups in total. The number of fused-ring (bicyclic) bond motifs is 1. The molecule has 0 amide bonds. The minimum atomic E-state index is -0.383. The number of aliphatic imine (C=N–C) groups is 1. The van der Waals surface area contributed by atoms with Gasteiger partial charge in [-0.1, -0.05) is 42.5 Å². The summed E-state index contributed by atoms with van der Waals surface area (Å²) < 4.78 is 5.34. The van der Waals surface area contributed by atoms with Crippen molar-refractivity contribution in [2.75, 3.05) is 0 Å². The van der Waals surface area contributed by atoms with E-state index in [0.29, 0.717) is 16.8 Å². The summed E-state index contributed by atoms with van der Waals surface area (Å²) in [5.74, 6) is 0.308. The van der Waals surface area contributed by atoms with Crippen LogP contribution in [0.3, 0.4) is 0 Å². The highest BCUT2D eigenvalue weighted by molar-refractivity contribution is 5.82. The van der Waals surface area contributed by atoms with Crippen molar-refractivity contribution >= 4 is 22.8 Å². The van der Waals surface area contributed by atoms with Gasteiger partial charge in [0.15, 0.2) is 0 Å². The molecule has 0 unspecified atom stereocenters. The number of rotatable bonds is 3. The molecular weight excluding hydrogens is 312 g/mol. The lowest BCUT2D eigenvalue weighted by Gasteiger charge is -2.02. The molecule has 0 aliphatic heterocycles. The predicted molar refractivity (Wildman–Crippen MR) is 99.4 cm³/mol. The van der Waals surface area contributed by atoms with Crippen LogP contribution in [-0.4, -0.2) is 11.2 Å². The van der Waals surface area contributed by atoms with Crippen molar-refractivity contribution in [2.24, 2.45) is 4.99 Å². The standard InChI is InChI=1S/C21H14N2O2/c24-21-18-8-4-5-9-19(18)23-20(25-21)16-10-12-17(13-11-16)22-14-15-6-2-1-3-7-15/h1-14H. The lowest BCUT2D eigenvalue weighted by atomic mass is 10.2. The number of hydrogen-bond acceptors (Lipinski definition) is 4. The van der Waals surface area contributed by atoms with E-state index in [1.807, 2.05) is 66.9 Å². The van der Waals surface area contributed by atoms with Crippen LogP contribution in [0.2, 0.25) is 0 Å². The van der Waals surface area contributed by atoms with Gasteiger partial charge < -0.3 is 4.42 Å². The number of benzene rings is 3. The van der Waals surface area contributed by atoms with E-state index in [4.69, 9.17) is 4.42 Å². The van der Waals surface area contributed by atoms with E-state index < -0.39 is 0 Å². The number of hydrogen-bond donors (Lipinski definition) is 0. The fourth-order valence-corrected chi connectivity index (χ4v) is 2.52. The number of para-hydroxylation sites is 1. The maximum atomic E-state index is 12.1. The van der Waals surface area contributed by atoms with Gasteiger partial charge in [0.05, 0.1) is 16.6 Å². The Hall–Kier alpha value is -3.53. The summed E-state index contributed by atoms with van der Waals surface area (Å²) in [6, 6.07) is 24.5. The molecule has 25 heavy (non-hydrogen) atoms. The van der Waals surface area contributed by atoms with E-state index in [9.17, 15) is 4.79 Å². The van der Waals surface area contributed by atoms with Crippen molar-refractivity contribution in [3.63, 3.8) is 0 Å². The molecule has 4 heteroatoms. The Kier molecular flexibility index (Phi) is 3.92. The summed E-state index contributed by atoms with van der Waals surface area (Å²) in [7, 11) is 0. The van der Waals surface area contributed by atoms with Gasteiger partial charge in [-0.2, -0.15) is 0 Å². The predicted octanol–water partition coefficient (Wildman–Crippen LogP) is 4.61. The van der Waals surface area contributed by atoms with E-state index in [1.165, 1.54) is 0 Å². The van der Waals surface area contributed by atoms with Gasteiger partial charge in [-0.3, -0.25) is 4.99 Å². The van der Waals surface area contributed by atoms with Crippen molar-refractivity contribution < 1.29 is 4.42 Å². The third-order valence-corrected chi connectivity index (χ3v) is 3.81. The molecule has 0 bridgehead atoms. The first-order valence-corrected chi connectivity index (χ1v) is 7.89. The van der Waals surface area contributed by atoms with Crippen LogP contribution in [0.5, 0.6) is 0 Å². The zero-order chi connectivity index (χ0) is 17.1. The Morgan fingerprint density at radius 2 is 1.56 bits per heavy atom. The molecule has 4 rings (SSSR count). The molecule has 0 saturated carbocycles. The van der Waals surface area contributed by atoms with Crippen LogP contribution in [0, 0.1) is 0 Å². The Morgan fingerprint density at radius 1 is 0.840 bits per heavy atom. The second kappa shape index (κ2) is 6.53. The molecule has 120 valence electrons. The summed E-state index contributed by atoms with van der Waals surface area (Å²) in [5, 5.41) is 0.482. The third-order valence-electron chi connectivity index (χ3n) is 3.81. The van der Waals surface area contributed by atoms with E-state index in [1.54, 1.807) is 18.2 Å². The lowest BCUT2D eigenvalue weighted by molar-refractivity contribution is 0.518. The monoisotopic (exact) mass is 326 g/mol. The smallest absolute Gasteiger partial charge is 0.347 e. The van der Waals surface area contributed by atoms with Crippen LogP contribution in [-0.2, 0) is 0 Å². The molecule has 4 nitrogen and oxygen atoms in total. The second-order valence-electron chi connectivity index (χ2n) is 5.54. The molecule has 0 spiro atoms. The molecule has 0 radical (unpaired) electrons. The summed E-state index contributed by atoms with van der Waals surface area (Å²) >= 11 is 0. The molecule has 0 aliphatic rings. The van der Waals surface area contributed by atoms with Gasteiger partial charge in [0.25, 0.3) is 0 Å². The molecule has 0 aliphatic carbocycles. The van der Waals surface area contributed by atoms with Gasteiger partial charge in [-0.25, -0.2) is 9.78 Å². The van der Waals surface area contributed by atoms with Crippen molar-refractivity contribution in [1.82, 2.24) is 4.98 Å². The zero-order valence-corrected chi connectivity index (χ0v) is 13.3.